The van der Waals surface area contributed by atoms with Gasteiger partial charge in [-0.15, -0.1) is 5.10 Å². The number of hydrogen-bond donors (Lipinski definition) is 2. The van der Waals surface area contributed by atoms with Gasteiger partial charge in [-0.25, -0.2) is 13.5 Å². The Labute approximate surface area is 159 Å². The fourth-order valence-corrected chi connectivity index (χ4v) is 2.52. The normalized spacial score (nSPS) is 10.6. The predicted octanol–water partition coefficient (Wildman–Crippen LogP) is 3.06. The quantitative estimate of drug-likeness (QED) is 0.706. The molecule has 2 aromatic carbocycles. The van der Waals surface area contributed by atoms with Crippen molar-refractivity contribution in [2.75, 3.05) is 10.6 Å². The molecule has 1 aromatic heterocycles. The summed E-state index contributed by atoms with van der Waals surface area (Å²) in [4.78, 5) is 24.6. The molecule has 0 aliphatic carbocycles. The molecule has 144 valence electrons. The van der Waals surface area contributed by atoms with E-state index in [1.165, 1.54) is 10.7 Å². The number of hydrogen-bond acceptors (Lipinski definition) is 4. The van der Waals surface area contributed by atoms with E-state index in [0.717, 1.165) is 17.7 Å². The third kappa shape index (κ3) is 4.20. The van der Waals surface area contributed by atoms with E-state index in [0.29, 0.717) is 11.4 Å². The van der Waals surface area contributed by atoms with Crippen molar-refractivity contribution in [3.05, 3.63) is 71.1 Å². The molecule has 0 unspecified atom stereocenters. The second-order valence-corrected chi connectivity index (χ2v) is 6.13. The standard InChI is InChI=1S/C19H17F2N5O2/c1-11-5-3-4-6-16(11)23-17(27)10-26-12(2)18(24-25-26)19(28)22-13-7-8-14(20)15(21)9-13/h3-9H,10H2,1-2H3,(H,22,28)(H,23,27). The smallest absolute Gasteiger partial charge is 0.278 e. The van der Waals surface area contributed by atoms with Crippen molar-refractivity contribution < 1.29 is 18.4 Å². The van der Waals surface area contributed by atoms with E-state index in [4.69, 9.17) is 0 Å². The summed E-state index contributed by atoms with van der Waals surface area (Å²) in [6, 6.07) is 10.3. The minimum atomic E-state index is -1.08. The van der Waals surface area contributed by atoms with Crippen molar-refractivity contribution >= 4 is 23.2 Å². The molecule has 0 saturated heterocycles. The molecule has 0 aliphatic heterocycles. The van der Waals surface area contributed by atoms with Gasteiger partial charge in [0.2, 0.25) is 5.91 Å². The zero-order valence-corrected chi connectivity index (χ0v) is 15.2. The number of amides is 2. The lowest BCUT2D eigenvalue weighted by molar-refractivity contribution is -0.117. The van der Waals surface area contributed by atoms with Gasteiger partial charge in [0.05, 0.1) is 5.69 Å². The molecular formula is C19H17F2N5O2. The molecule has 0 saturated carbocycles. The number of anilines is 2. The first-order valence-electron chi connectivity index (χ1n) is 8.37. The Bertz CT molecular complexity index is 1050. The largest absolute Gasteiger partial charge is 0.324 e. The molecule has 0 aliphatic rings. The van der Waals surface area contributed by atoms with Crippen LogP contribution in [0.15, 0.2) is 42.5 Å². The number of aromatic nitrogens is 3. The second-order valence-electron chi connectivity index (χ2n) is 6.13. The lowest BCUT2D eigenvalue weighted by Gasteiger charge is -2.09. The number of para-hydroxylation sites is 1. The van der Waals surface area contributed by atoms with Crippen LogP contribution in [0.25, 0.3) is 0 Å². The molecule has 0 atom stereocenters. The highest BCUT2D eigenvalue weighted by Gasteiger charge is 2.19. The van der Waals surface area contributed by atoms with Gasteiger partial charge in [0.1, 0.15) is 6.54 Å². The Kier molecular flexibility index (Phi) is 5.44. The summed E-state index contributed by atoms with van der Waals surface area (Å²) in [5, 5.41) is 12.8. The third-order valence-corrected chi connectivity index (χ3v) is 4.09. The van der Waals surface area contributed by atoms with E-state index < -0.39 is 17.5 Å². The van der Waals surface area contributed by atoms with Gasteiger partial charge in [-0.2, -0.15) is 0 Å². The highest BCUT2D eigenvalue weighted by molar-refractivity contribution is 6.03. The summed E-state index contributed by atoms with van der Waals surface area (Å²) in [6.07, 6.45) is 0. The van der Waals surface area contributed by atoms with E-state index in [1.807, 2.05) is 25.1 Å². The van der Waals surface area contributed by atoms with Crippen LogP contribution in [0.1, 0.15) is 21.7 Å². The average molecular weight is 385 g/mol. The van der Waals surface area contributed by atoms with Gasteiger partial charge in [-0.1, -0.05) is 23.4 Å². The molecule has 0 spiro atoms. The molecule has 7 nitrogen and oxygen atoms in total. The number of rotatable bonds is 5. The van der Waals surface area contributed by atoms with Crippen molar-refractivity contribution in [1.82, 2.24) is 15.0 Å². The maximum Gasteiger partial charge on any atom is 0.278 e. The van der Waals surface area contributed by atoms with Crippen molar-refractivity contribution in [3.63, 3.8) is 0 Å². The van der Waals surface area contributed by atoms with E-state index in [9.17, 15) is 18.4 Å². The molecule has 9 heteroatoms. The lowest BCUT2D eigenvalue weighted by atomic mass is 10.2. The molecule has 2 N–H and O–H groups in total. The fourth-order valence-electron chi connectivity index (χ4n) is 2.52. The summed E-state index contributed by atoms with van der Waals surface area (Å²) in [7, 11) is 0. The topological polar surface area (TPSA) is 88.9 Å². The minimum absolute atomic E-state index is 0.0200. The van der Waals surface area contributed by atoms with Crippen LogP contribution in [0, 0.1) is 25.5 Å². The molecule has 0 bridgehead atoms. The van der Waals surface area contributed by atoms with E-state index in [-0.39, 0.29) is 23.8 Å². The van der Waals surface area contributed by atoms with E-state index >= 15 is 0 Å². The van der Waals surface area contributed by atoms with Crippen LogP contribution < -0.4 is 10.6 Å². The number of nitrogens with zero attached hydrogens (tertiary/aromatic N) is 3. The SMILES string of the molecule is Cc1ccccc1NC(=O)Cn1nnc(C(=O)Nc2ccc(F)c(F)c2)c1C. The van der Waals surface area contributed by atoms with E-state index in [1.54, 1.807) is 13.0 Å². The zero-order valence-electron chi connectivity index (χ0n) is 15.2. The number of carbonyl (C=O) groups excluding carboxylic acids is 2. The summed E-state index contributed by atoms with van der Waals surface area (Å²) in [5.74, 6) is -3.06. The lowest BCUT2D eigenvalue weighted by Crippen LogP contribution is -2.21. The molecule has 0 fully saturated rings. The maximum atomic E-state index is 13.3. The highest BCUT2D eigenvalue weighted by atomic mass is 19.2. The predicted molar refractivity (Wildman–Crippen MR) is 98.9 cm³/mol. The molecule has 1 heterocycles. The molecule has 2 amide bonds. The summed E-state index contributed by atoms with van der Waals surface area (Å²) < 4.78 is 27.5. The first-order chi connectivity index (χ1) is 13.3. The zero-order chi connectivity index (χ0) is 20.3. The second kappa shape index (κ2) is 7.95. The number of halogens is 2. The molecule has 28 heavy (non-hydrogen) atoms. The fraction of sp³-hybridized carbons (Fsp3) is 0.158. The van der Waals surface area contributed by atoms with Gasteiger partial charge < -0.3 is 10.6 Å². The summed E-state index contributed by atoms with van der Waals surface area (Å²) in [6.45, 7) is 3.32. The number of carbonyl (C=O) groups is 2. The Hall–Kier alpha value is -3.62. The van der Waals surface area contributed by atoms with Crippen LogP contribution in [0.3, 0.4) is 0 Å². The van der Waals surface area contributed by atoms with Crippen LogP contribution in [0.5, 0.6) is 0 Å². The summed E-state index contributed by atoms with van der Waals surface area (Å²) >= 11 is 0. The van der Waals surface area contributed by atoms with Gasteiger partial charge in [-0.05, 0) is 37.6 Å². The molecular weight excluding hydrogens is 368 g/mol. The molecule has 0 radical (unpaired) electrons. The Morgan fingerprint density at radius 3 is 2.50 bits per heavy atom. The van der Waals surface area contributed by atoms with Gasteiger partial charge in [0.15, 0.2) is 17.3 Å². The van der Waals surface area contributed by atoms with Gasteiger partial charge in [0, 0.05) is 17.4 Å². The summed E-state index contributed by atoms with van der Waals surface area (Å²) in [5.41, 5.74) is 2.02. The van der Waals surface area contributed by atoms with E-state index in [2.05, 4.69) is 20.9 Å². The van der Waals surface area contributed by atoms with Gasteiger partial charge >= 0.3 is 0 Å². The Morgan fingerprint density at radius 2 is 1.79 bits per heavy atom. The van der Waals surface area contributed by atoms with Crippen molar-refractivity contribution in [2.45, 2.75) is 20.4 Å². The van der Waals surface area contributed by atoms with Crippen molar-refractivity contribution in [2.24, 2.45) is 0 Å². The van der Waals surface area contributed by atoms with Crippen LogP contribution >= 0.6 is 0 Å². The third-order valence-electron chi connectivity index (χ3n) is 4.09. The number of benzene rings is 2. The van der Waals surface area contributed by atoms with Crippen LogP contribution in [-0.4, -0.2) is 26.8 Å². The number of nitrogens with one attached hydrogen (secondary N) is 2. The monoisotopic (exact) mass is 385 g/mol. The van der Waals surface area contributed by atoms with Crippen molar-refractivity contribution in [1.29, 1.82) is 0 Å². The molecule has 3 rings (SSSR count). The van der Waals surface area contributed by atoms with Crippen LogP contribution in [-0.2, 0) is 11.3 Å². The minimum Gasteiger partial charge on any atom is -0.324 e. The van der Waals surface area contributed by atoms with Gasteiger partial charge in [-0.3, -0.25) is 9.59 Å². The Morgan fingerprint density at radius 1 is 1.04 bits per heavy atom. The average Bonchev–Trinajstić information content (AvgIpc) is 3.01. The maximum absolute atomic E-state index is 13.3. The highest BCUT2D eigenvalue weighted by Crippen LogP contribution is 2.16. The van der Waals surface area contributed by atoms with Crippen LogP contribution in [0.2, 0.25) is 0 Å². The van der Waals surface area contributed by atoms with Crippen molar-refractivity contribution in [3.8, 4) is 0 Å². The first kappa shape index (κ1) is 19.2. The molecule has 3 aromatic rings. The first-order valence-corrected chi connectivity index (χ1v) is 8.37. The Balaban J connectivity index is 1.69. The van der Waals surface area contributed by atoms with Gasteiger partial charge in [0.25, 0.3) is 5.91 Å². The van der Waals surface area contributed by atoms with Crippen LogP contribution in [0.4, 0.5) is 20.2 Å². The number of aryl methyl sites for hydroxylation is 1.